The van der Waals surface area contributed by atoms with Crippen LogP contribution in [0.15, 0.2) is 54.7 Å². The van der Waals surface area contributed by atoms with E-state index in [1.165, 1.54) is 6.42 Å². The Labute approximate surface area is 191 Å². The zero-order valence-electron chi connectivity index (χ0n) is 17.6. The number of hydrogen-bond acceptors (Lipinski definition) is 4. The van der Waals surface area contributed by atoms with E-state index in [1.54, 1.807) is 27.9 Å². The fourth-order valence-corrected chi connectivity index (χ4v) is 4.93. The molecule has 0 bridgehead atoms. The molecule has 1 fully saturated rings. The van der Waals surface area contributed by atoms with Crippen molar-refractivity contribution in [3.05, 3.63) is 76.6 Å². The van der Waals surface area contributed by atoms with Gasteiger partial charge in [0.15, 0.2) is 0 Å². The summed E-state index contributed by atoms with van der Waals surface area (Å²) in [6.45, 7) is 0.189. The van der Waals surface area contributed by atoms with Gasteiger partial charge in [-0.1, -0.05) is 66.4 Å². The molecule has 0 radical (unpaired) electrons. The molecule has 1 aliphatic heterocycles. The van der Waals surface area contributed by atoms with E-state index in [0.29, 0.717) is 21.8 Å². The van der Waals surface area contributed by atoms with Gasteiger partial charge in [-0.25, -0.2) is 4.68 Å². The Balaban J connectivity index is 1.59. The van der Waals surface area contributed by atoms with Crippen molar-refractivity contribution in [1.29, 1.82) is 0 Å². The minimum Gasteiger partial charge on any atom is -0.351 e. The molecule has 8 heteroatoms. The molecular weight excluding hydrogens is 426 g/mol. The van der Waals surface area contributed by atoms with Gasteiger partial charge in [0, 0.05) is 16.6 Å². The molecule has 2 heterocycles. The third kappa shape index (κ3) is 3.77. The summed E-state index contributed by atoms with van der Waals surface area (Å²) in [5.74, 6) is -0.452. The van der Waals surface area contributed by atoms with Crippen LogP contribution in [0.2, 0.25) is 5.02 Å². The van der Waals surface area contributed by atoms with Crippen LogP contribution < -0.4 is 5.32 Å². The van der Waals surface area contributed by atoms with Crippen molar-refractivity contribution < 1.29 is 9.59 Å². The first-order chi connectivity index (χ1) is 15.6. The molecule has 1 N–H and O–H groups in total. The van der Waals surface area contributed by atoms with Gasteiger partial charge >= 0.3 is 0 Å². The molecule has 7 nitrogen and oxygen atoms in total. The van der Waals surface area contributed by atoms with Gasteiger partial charge in [-0.05, 0) is 31.0 Å². The number of nitrogens with one attached hydrogen (secondary N) is 1. The van der Waals surface area contributed by atoms with Crippen molar-refractivity contribution in [2.45, 2.75) is 50.7 Å². The normalized spacial score (nSPS) is 17.3. The van der Waals surface area contributed by atoms with Crippen molar-refractivity contribution in [2.24, 2.45) is 0 Å². The number of para-hydroxylation sites is 1. The van der Waals surface area contributed by atoms with Gasteiger partial charge < -0.3 is 10.2 Å². The maximum absolute atomic E-state index is 13.8. The molecule has 0 spiro atoms. The standard InChI is InChI=1S/C24H24ClN5O2/c25-20-12-6-4-10-18(20)22(23(31)27-16-8-2-1-3-9-16)29-15-17-14-26-28-30(17)21-13-7-5-11-19(21)24(29)32/h4-7,10-14,16,22H,1-3,8-9,15H2,(H,27,31). The van der Waals surface area contributed by atoms with Crippen LogP contribution in [-0.4, -0.2) is 37.7 Å². The second-order valence-corrected chi connectivity index (χ2v) is 8.76. The summed E-state index contributed by atoms with van der Waals surface area (Å²) in [4.78, 5) is 29.0. The zero-order chi connectivity index (χ0) is 22.1. The minimum absolute atomic E-state index is 0.114. The fourth-order valence-electron chi connectivity index (χ4n) is 4.69. The van der Waals surface area contributed by atoms with Gasteiger partial charge in [-0.3, -0.25) is 9.59 Å². The Morgan fingerprint density at radius 1 is 1.06 bits per heavy atom. The number of carbonyl (C=O) groups excluding carboxylic acids is 2. The molecule has 2 aliphatic rings. The summed E-state index contributed by atoms with van der Waals surface area (Å²) in [6, 6.07) is 13.7. The molecule has 164 valence electrons. The Morgan fingerprint density at radius 3 is 2.62 bits per heavy atom. The van der Waals surface area contributed by atoms with E-state index >= 15 is 0 Å². The SMILES string of the molecule is O=C(NC1CCCCC1)C(c1ccccc1Cl)N1Cc2cnnn2-c2ccccc2C1=O. The van der Waals surface area contributed by atoms with Crippen LogP contribution in [0.4, 0.5) is 0 Å². The first kappa shape index (κ1) is 20.7. The smallest absolute Gasteiger partial charge is 0.257 e. The van der Waals surface area contributed by atoms with Crippen molar-refractivity contribution in [3.8, 4) is 5.69 Å². The first-order valence-corrected chi connectivity index (χ1v) is 11.4. The Morgan fingerprint density at radius 2 is 1.81 bits per heavy atom. The highest BCUT2D eigenvalue weighted by atomic mass is 35.5. The lowest BCUT2D eigenvalue weighted by Gasteiger charge is -2.33. The van der Waals surface area contributed by atoms with Crippen LogP contribution in [0.5, 0.6) is 0 Å². The van der Waals surface area contributed by atoms with Gasteiger partial charge in [0.05, 0.1) is 29.7 Å². The summed E-state index contributed by atoms with van der Waals surface area (Å²) < 4.78 is 1.66. The molecule has 1 saturated carbocycles. The second-order valence-electron chi connectivity index (χ2n) is 8.35. The van der Waals surface area contributed by atoms with Crippen molar-refractivity contribution in [3.63, 3.8) is 0 Å². The summed E-state index contributed by atoms with van der Waals surface area (Å²) in [6.07, 6.45) is 6.93. The van der Waals surface area contributed by atoms with Gasteiger partial charge in [-0.2, -0.15) is 0 Å². The number of benzene rings is 2. The predicted octanol–water partition coefficient (Wildman–Crippen LogP) is 4.07. The summed E-state index contributed by atoms with van der Waals surface area (Å²) in [5.41, 5.74) is 2.46. The van der Waals surface area contributed by atoms with E-state index in [4.69, 9.17) is 11.6 Å². The van der Waals surface area contributed by atoms with Gasteiger partial charge in [-0.15, -0.1) is 5.10 Å². The molecule has 3 aromatic rings. The number of amides is 2. The molecule has 1 aromatic heterocycles. The number of hydrogen-bond donors (Lipinski definition) is 1. The topological polar surface area (TPSA) is 80.1 Å². The third-order valence-corrected chi connectivity index (χ3v) is 6.63. The number of fused-ring (bicyclic) bond motifs is 3. The van der Waals surface area contributed by atoms with Crippen LogP contribution in [0.25, 0.3) is 5.69 Å². The van der Waals surface area contributed by atoms with Crippen LogP contribution in [-0.2, 0) is 11.3 Å². The van der Waals surface area contributed by atoms with Crippen LogP contribution in [0.1, 0.15) is 59.8 Å². The lowest BCUT2D eigenvalue weighted by Crippen LogP contribution is -2.46. The van der Waals surface area contributed by atoms with E-state index in [1.807, 2.05) is 36.4 Å². The molecule has 0 saturated heterocycles. The Kier molecular flexibility index (Phi) is 5.66. The highest BCUT2D eigenvalue weighted by molar-refractivity contribution is 6.31. The van der Waals surface area contributed by atoms with E-state index in [2.05, 4.69) is 15.6 Å². The monoisotopic (exact) mass is 449 g/mol. The van der Waals surface area contributed by atoms with E-state index in [0.717, 1.165) is 31.4 Å². The Hall–Kier alpha value is -3.19. The number of rotatable bonds is 4. The molecular formula is C24H24ClN5O2. The minimum atomic E-state index is -0.868. The largest absolute Gasteiger partial charge is 0.351 e. The highest BCUT2D eigenvalue weighted by Crippen LogP contribution is 2.34. The summed E-state index contributed by atoms with van der Waals surface area (Å²) >= 11 is 6.55. The number of nitrogens with zero attached hydrogens (tertiary/aromatic N) is 4. The lowest BCUT2D eigenvalue weighted by molar-refractivity contribution is -0.127. The number of aromatic nitrogens is 3. The first-order valence-electron chi connectivity index (χ1n) is 11.0. The average Bonchev–Trinajstić information content (AvgIpc) is 3.24. The maximum atomic E-state index is 13.8. The fraction of sp³-hybridized carbons (Fsp3) is 0.333. The molecule has 2 amide bonds. The summed E-state index contributed by atoms with van der Waals surface area (Å²) in [7, 11) is 0. The summed E-state index contributed by atoms with van der Waals surface area (Å²) in [5, 5.41) is 11.9. The average molecular weight is 450 g/mol. The van der Waals surface area contributed by atoms with E-state index in [-0.39, 0.29) is 24.4 Å². The van der Waals surface area contributed by atoms with Gasteiger partial charge in [0.25, 0.3) is 5.91 Å². The quantitative estimate of drug-likeness (QED) is 0.651. The number of carbonyl (C=O) groups is 2. The molecule has 1 unspecified atom stereocenters. The Bertz CT molecular complexity index is 1150. The van der Waals surface area contributed by atoms with Gasteiger partial charge in [0.1, 0.15) is 6.04 Å². The van der Waals surface area contributed by atoms with Crippen molar-refractivity contribution in [2.75, 3.05) is 0 Å². The third-order valence-electron chi connectivity index (χ3n) is 6.29. The van der Waals surface area contributed by atoms with E-state index in [9.17, 15) is 9.59 Å². The molecule has 2 aromatic carbocycles. The number of halogens is 1. The second kappa shape index (κ2) is 8.74. The van der Waals surface area contributed by atoms with Crippen LogP contribution >= 0.6 is 11.6 Å². The van der Waals surface area contributed by atoms with E-state index < -0.39 is 6.04 Å². The molecule has 32 heavy (non-hydrogen) atoms. The molecule has 5 rings (SSSR count). The predicted molar refractivity (Wildman–Crippen MR) is 120 cm³/mol. The van der Waals surface area contributed by atoms with Gasteiger partial charge in [0.2, 0.25) is 5.91 Å². The molecule has 1 atom stereocenters. The maximum Gasteiger partial charge on any atom is 0.257 e. The molecule has 1 aliphatic carbocycles. The van der Waals surface area contributed by atoms with Crippen LogP contribution in [0, 0.1) is 0 Å². The highest BCUT2D eigenvalue weighted by Gasteiger charge is 2.37. The lowest BCUT2D eigenvalue weighted by atomic mass is 9.94. The van der Waals surface area contributed by atoms with Crippen LogP contribution in [0.3, 0.4) is 0 Å². The zero-order valence-corrected chi connectivity index (χ0v) is 18.3. The van der Waals surface area contributed by atoms with Crippen molar-refractivity contribution in [1.82, 2.24) is 25.2 Å². The van der Waals surface area contributed by atoms with Crippen molar-refractivity contribution >= 4 is 23.4 Å².